The molecule has 1 aliphatic rings. The van der Waals surface area contributed by atoms with E-state index in [1.165, 1.54) is 24.3 Å². The van der Waals surface area contributed by atoms with E-state index in [0.29, 0.717) is 31.5 Å². The number of carbonyl (C=O) groups is 1. The van der Waals surface area contributed by atoms with Gasteiger partial charge in [0.2, 0.25) is 0 Å². The van der Waals surface area contributed by atoms with Gasteiger partial charge >= 0.3 is 0 Å². The fourth-order valence-corrected chi connectivity index (χ4v) is 3.20. The molecule has 1 heterocycles. The van der Waals surface area contributed by atoms with Gasteiger partial charge in [-0.3, -0.25) is 4.79 Å². The molecule has 1 aliphatic heterocycles. The summed E-state index contributed by atoms with van der Waals surface area (Å²) in [5, 5.41) is 19.7. The van der Waals surface area contributed by atoms with Crippen molar-refractivity contribution in [2.24, 2.45) is 5.92 Å². The molecule has 6 heteroatoms. The minimum atomic E-state index is -0.751. The van der Waals surface area contributed by atoms with Crippen LogP contribution in [0.1, 0.15) is 34.9 Å². The molecule has 25 heavy (non-hydrogen) atoms. The third-order valence-corrected chi connectivity index (χ3v) is 4.67. The van der Waals surface area contributed by atoms with Crippen LogP contribution in [0.2, 0.25) is 0 Å². The highest BCUT2D eigenvalue weighted by Crippen LogP contribution is 2.31. The summed E-state index contributed by atoms with van der Waals surface area (Å²) in [6, 6.07) is 9.20. The number of benzene rings is 2. The smallest absolute Gasteiger partial charge is 0.256 e. The van der Waals surface area contributed by atoms with Gasteiger partial charge in [-0.1, -0.05) is 12.1 Å². The lowest BCUT2D eigenvalue weighted by Crippen LogP contribution is -2.40. The highest BCUT2D eigenvalue weighted by molar-refractivity contribution is 5.94. The first-order chi connectivity index (χ1) is 12.0. The number of phenols is 1. The van der Waals surface area contributed by atoms with Crippen LogP contribution >= 0.6 is 0 Å². The Morgan fingerprint density at radius 3 is 2.32 bits per heavy atom. The average Bonchev–Trinajstić information content (AvgIpc) is 2.61. The summed E-state index contributed by atoms with van der Waals surface area (Å²) >= 11 is 0. The normalized spacial score (nSPS) is 16.7. The molecule has 0 saturated carbocycles. The van der Waals surface area contributed by atoms with Gasteiger partial charge in [0.1, 0.15) is 17.4 Å². The van der Waals surface area contributed by atoms with Crippen LogP contribution in [-0.2, 0) is 0 Å². The standard InChI is InChI=1S/C19H19F2NO3/c20-14-3-1-12(2-4-14)18(24)13-7-9-22(10-8-13)19(25)16-6-5-15(23)11-17(16)21/h1-6,11,13,18,23-24H,7-10H2/t18-/m0/s1. The highest BCUT2D eigenvalue weighted by atomic mass is 19.1. The Morgan fingerprint density at radius 1 is 1.08 bits per heavy atom. The van der Waals surface area contributed by atoms with Gasteiger partial charge in [0.15, 0.2) is 0 Å². The third kappa shape index (κ3) is 3.79. The molecule has 0 radical (unpaired) electrons. The number of likely N-dealkylation sites (tertiary alicyclic amines) is 1. The monoisotopic (exact) mass is 347 g/mol. The lowest BCUT2D eigenvalue weighted by Gasteiger charge is -2.34. The van der Waals surface area contributed by atoms with E-state index in [0.717, 1.165) is 6.07 Å². The van der Waals surface area contributed by atoms with Gasteiger partial charge < -0.3 is 15.1 Å². The van der Waals surface area contributed by atoms with Crippen molar-refractivity contribution >= 4 is 5.91 Å². The number of amides is 1. The zero-order valence-corrected chi connectivity index (χ0v) is 13.5. The Hall–Kier alpha value is -2.47. The van der Waals surface area contributed by atoms with Gasteiger partial charge in [-0.25, -0.2) is 8.78 Å². The summed E-state index contributed by atoms with van der Waals surface area (Å²) in [5.74, 6) is -1.80. The van der Waals surface area contributed by atoms with E-state index in [4.69, 9.17) is 0 Å². The number of hydrogen-bond donors (Lipinski definition) is 2. The van der Waals surface area contributed by atoms with E-state index in [-0.39, 0.29) is 23.0 Å². The second-order valence-electron chi connectivity index (χ2n) is 6.29. The van der Waals surface area contributed by atoms with Crippen LogP contribution < -0.4 is 0 Å². The molecule has 0 bridgehead atoms. The summed E-state index contributed by atoms with van der Waals surface area (Å²) in [6.07, 6.45) is 0.428. The highest BCUT2D eigenvalue weighted by Gasteiger charge is 2.29. The quantitative estimate of drug-likeness (QED) is 0.896. The van der Waals surface area contributed by atoms with Crippen LogP contribution in [0.5, 0.6) is 5.75 Å². The summed E-state index contributed by atoms with van der Waals surface area (Å²) in [7, 11) is 0. The second kappa shape index (κ2) is 7.19. The fourth-order valence-electron chi connectivity index (χ4n) is 3.20. The van der Waals surface area contributed by atoms with E-state index in [1.807, 2.05) is 0 Å². The maximum Gasteiger partial charge on any atom is 0.256 e. The van der Waals surface area contributed by atoms with E-state index in [9.17, 15) is 23.8 Å². The van der Waals surface area contributed by atoms with Crippen molar-refractivity contribution in [3.63, 3.8) is 0 Å². The molecule has 132 valence electrons. The number of halogens is 2. The summed E-state index contributed by atoms with van der Waals surface area (Å²) < 4.78 is 26.8. The number of aromatic hydroxyl groups is 1. The molecule has 4 nitrogen and oxygen atoms in total. The number of rotatable bonds is 3. The molecule has 0 unspecified atom stereocenters. The van der Waals surface area contributed by atoms with Gasteiger partial charge in [0.25, 0.3) is 5.91 Å². The lowest BCUT2D eigenvalue weighted by atomic mass is 9.87. The van der Waals surface area contributed by atoms with Crippen molar-refractivity contribution in [1.82, 2.24) is 4.90 Å². The first-order valence-corrected chi connectivity index (χ1v) is 8.17. The molecular formula is C19H19F2NO3. The predicted molar refractivity (Wildman–Crippen MR) is 88.1 cm³/mol. The van der Waals surface area contributed by atoms with Crippen molar-refractivity contribution in [2.45, 2.75) is 18.9 Å². The predicted octanol–water partition coefficient (Wildman–Crippen LogP) is 3.26. The maximum absolute atomic E-state index is 13.8. The number of aliphatic hydroxyl groups excluding tert-OH is 1. The Bertz CT molecular complexity index is 756. The molecule has 2 N–H and O–H groups in total. The second-order valence-corrected chi connectivity index (χ2v) is 6.29. The van der Waals surface area contributed by atoms with Gasteiger partial charge in [0, 0.05) is 19.2 Å². The van der Waals surface area contributed by atoms with Crippen molar-refractivity contribution in [3.8, 4) is 5.75 Å². The Balaban J connectivity index is 1.63. The zero-order chi connectivity index (χ0) is 18.0. The fraction of sp³-hybridized carbons (Fsp3) is 0.316. The summed E-state index contributed by atoms with van der Waals surface area (Å²) in [4.78, 5) is 14.0. The molecule has 0 spiro atoms. The van der Waals surface area contributed by atoms with Crippen LogP contribution in [0.15, 0.2) is 42.5 Å². The molecule has 1 saturated heterocycles. The summed E-state index contributed by atoms with van der Waals surface area (Å²) in [5.41, 5.74) is 0.575. The molecular weight excluding hydrogens is 328 g/mol. The lowest BCUT2D eigenvalue weighted by molar-refractivity contribution is 0.0459. The first kappa shape index (κ1) is 17.4. The van der Waals surface area contributed by atoms with E-state index in [1.54, 1.807) is 17.0 Å². The maximum atomic E-state index is 13.8. The Labute approximate surface area is 144 Å². The minimum absolute atomic E-state index is 0.0424. The molecule has 0 aromatic heterocycles. The summed E-state index contributed by atoms with van der Waals surface area (Å²) in [6.45, 7) is 0.810. The number of nitrogens with zero attached hydrogens (tertiary/aromatic N) is 1. The largest absolute Gasteiger partial charge is 0.508 e. The average molecular weight is 347 g/mol. The zero-order valence-electron chi connectivity index (χ0n) is 13.5. The number of hydrogen-bond acceptors (Lipinski definition) is 3. The number of phenolic OH excluding ortho intramolecular Hbond substituents is 1. The van der Waals surface area contributed by atoms with Crippen LogP contribution in [0.4, 0.5) is 8.78 Å². The van der Waals surface area contributed by atoms with Crippen molar-refractivity contribution in [3.05, 3.63) is 65.2 Å². The van der Waals surface area contributed by atoms with Gasteiger partial charge in [0.05, 0.1) is 11.7 Å². The van der Waals surface area contributed by atoms with Crippen molar-refractivity contribution in [1.29, 1.82) is 0 Å². The Kier molecular flexibility index (Phi) is 4.99. The number of aliphatic hydroxyl groups is 1. The van der Waals surface area contributed by atoms with Crippen LogP contribution in [0.3, 0.4) is 0 Å². The minimum Gasteiger partial charge on any atom is -0.508 e. The molecule has 2 aromatic carbocycles. The number of carbonyl (C=O) groups excluding carboxylic acids is 1. The van der Waals surface area contributed by atoms with Gasteiger partial charge in [-0.05, 0) is 48.6 Å². The SMILES string of the molecule is O=C(c1ccc(O)cc1F)N1CCC([C@@H](O)c2ccc(F)cc2)CC1. The van der Waals surface area contributed by atoms with E-state index < -0.39 is 17.8 Å². The van der Waals surface area contributed by atoms with E-state index >= 15 is 0 Å². The van der Waals surface area contributed by atoms with Crippen LogP contribution in [0, 0.1) is 17.6 Å². The van der Waals surface area contributed by atoms with Crippen LogP contribution in [-0.4, -0.2) is 34.1 Å². The molecule has 1 atom stereocenters. The van der Waals surface area contributed by atoms with Crippen molar-refractivity contribution < 1.29 is 23.8 Å². The topological polar surface area (TPSA) is 60.8 Å². The molecule has 3 rings (SSSR count). The van der Waals surface area contributed by atoms with Gasteiger partial charge in [-0.2, -0.15) is 0 Å². The number of piperidine rings is 1. The van der Waals surface area contributed by atoms with Crippen molar-refractivity contribution in [2.75, 3.05) is 13.1 Å². The molecule has 2 aromatic rings. The van der Waals surface area contributed by atoms with Gasteiger partial charge in [-0.15, -0.1) is 0 Å². The molecule has 1 fully saturated rings. The first-order valence-electron chi connectivity index (χ1n) is 8.17. The van der Waals surface area contributed by atoms with E-state index in [2.05, 4.69) is 0 Å². The Morgan fingerprint density at radius 2 is 1.72 bits per heavy atom. The van der Waals surface area contributed by atoms with Crippen LogP contribution in [0.25, 0.3) is 0 Å². The molecule has 1 amide bonds. The third-order valence-electron chi connectivity index (χ3n) is 4.67. The molecule has 0 aliphatic carbocycles.